The Kier molecular flexibility index (Phi) is 6.14. The van der Waals surface area contributed by atoms with Gasteiger partial charge in [0.05, 0.1) is 5.92 Å². The summed E-state index contributed by atoms with van der Waals surface area (Å²) in [6.45, 7) is 5.17. The average Bonchev–Trinajstić information content (AvgIpc) is 2.73. The molecule has 1 fully saturated rings. The Balaban J connectivity index is 2.56. The first-order valence-corrected chi connectivity index (χ1v) is 7.18. The quantitative estimate of drug-likeness (QED) is 0.669. The van der Waals surface area contributed by atoms with E-state index in [9.17, 15) is 14.4 Å². The van der Waals surface area contributed by atoms with E-state index in [0.717, 1.165) is 6.54 Å². The topological polar surface area (TPSA) is 90.0 Å². The molecule has 0 aliphatic carbocycles. The number of rotatable bonds is 7. The highest BCUT2D eigenvalue weighted by atomic mass is 16.4. The van der Waals surface area contributed by atoms with Crippen molar-refractivity contribution in [3.8, 4) is 0 Å². The third-order valence-electron chi connectivity index (χ3n) is 3.63. The van der Waals surface area contributed by atoms with Gasteiger partial charge < -0.3 is 20.2 Å². The Morgan fingerprint density at radius 3 is 2.52 bits per heavy atom. The Labute approximate surface area is 125 Å². The maximum Gasteiger partial charge on any atom is 0.326 e. The summed E-state index contributed by atoms with van der Waals surface area (Å²) in [5.41, 5.74) is 0. The minimum atomic E-state index is -1.05. The number of likely N-dealkylation sites (N-methyl/N-ethyl adjacent to an activating group) is 1. The number of carbonyl (C=O) groups excluding carboxylic acids is 2. The summed E-state index contributed by atoms with van der Waals surface area (Å²) >= 11 is 0. The standard InChI is InChI=1S/C14H25N3O4/c1-9(2)12(14(20)21)15-13(19)10-7-11(18)17(8-10)6-5-16(3)4/h9-10,12H,5-8H2,1-4H3,(H,15,19)(H,20,21)/t10?,12-/m0/s1. The zero-order valence-corrected chi connectivity index (χ0v) is 13.1. The van der Waals surface area contributed by atoms with Crippen LogP contribution in [0, 0.1) is 11.8 Å². The number of likely N-dealkylation sites (tertiary alicyclic amines) is 1. The van der Waals surface area contributed by atoms with Gasteiger partial charge in [-0.25, -0.2) is 4.79 Å². The first-order valence-electron chi connectivity index (χ1n) is 7.18. The summed E-state index contributed by atoms with van der Waals surface area (Å²) in [6, 6.07) is -0.913. The minimum Gasteiger partial charge on any atom is -0.480 e. The normalized spacial score (nSPS) is 20.2. The zero-order valence-electron chi connectivity index (χ0n) is 13.1. The zero-order chi connectivity index (χ0) is 16.2. The third-order valence-corrected chi connectivity index (χ3v) is 3.63. The lowest BCUT2D eigenvalue weighted by molar-refractivity contribution is -0.143. The summed E-state index contributed by atoms with van der Waals surface area (Å²) in [4.78, 5) is 38.7. The minimum absolute atomic E-state index is 0.0478. The predicted octanol–water partition coefficient (Wildman–Crippen LogP) is -0.378. The van der Waals surface area contributed by atoms with Gasteiger partial charge in [-0.3, -0.25) is 9.59 Å². The molecule has 0 saturated carbocycles. The Morgan fingerprint density at radius 2 is 2.05 bits per heavy atom. The van der Waals surface area contributed by atoms with Crippen LogP contribution < -0.4 is 5.32 Å². The molecule has 1 aliphatic heterocycles. The van der Waals surface area contributed by atoms with E-state index < -0.39 is 17.9 Å². The van der Waals surface area contributed by atoms with Crippen LogP contribution in [-0.2, 0) is 14.4 Å². The lowest BCUT2D eigenvalue weighted by Crippen LogP contribution is -2.47. The van der Waals surface area contributed by atoms with Gasteiger partial charge in [-0.1, -0.05) is 13.8 Å². The van der Waals surface area contributed by atoms with E-state index in [2.05, 4.69) is 5.32 Å². The summed E-state index contributed by atoms with van der Waals surface area (Å²) in [5.74, 6) is -2.11. The smallest absolute Gasteiger partial charge is 0.326 e. The van der Waals surface area contributed by atoms with E-state index in [0.29, 0.717) is 13.1 Å². The molecule has 2 amide bonds. The molecule has 1 heterocycles. The van der Waals surface area contributed by atoms with Crippen LogP contribution >= 0.6 is 0 Å². The van der Waals surface area contributed by atoms with Gasteiger partial charge in [-0.2, -0.15) is 0 Å². The Morgan fingerprint density at radius 1 is 1.43 bits per heavy atom. The van der Waals surface area contributed by atoms with Gasteiger partial charge in [0.25, 0.3) is 0 Å². The number of amides is 2. The summed E-state index contributed by atoms with van der Waals surface area (Å²) < 4.78 is 0. The van der Waals surface area contributed by atoms with Gasteiger partial charge in [0.1, 0.15) is 6.04 Å². The third kappa shape index (κ3) is 5.00. The second-order valence-electron chi connectivity index (χ2n) is 6.11. The molecule has 7 heteroatoms. The fourth-order valence-corrected chi connectivity index (χ4v) is 2.27. The molecule has 0 aromatic heterocycles. The molecule has 2 N–H and O–H groups in total. The van der Waals surface area contributed by atoms with Crippen molar-refractivity contribution in [3.05, 3.63) is 0 Å². The molecule has 2 atom stereocenters. The van der Waals surface area contributed by atoms with Crippen LogP contribution in [0.5, 0.6) is 0 Å². The molecule has 1 saturated heterocycles. The van der Waals surface area contributed by atoms with E-state index in [1.54, 1.807) is 18.7 Å². The van der Waals surface area contributed by atoms with Gasteiger partial charge >= 0.3 is 5.97 Å². The summed E-state index contributed by atoms with van der Waals surface area (Å²) in [6.07, 6.45) is 0.156. The van der Waals surface area contributed by atoms with Gasteiger partial charge in [-0.15, -0.1) is 0 Å². The van der Waals surface area contributed by atoms with Crippen LogP contribution in [0.15, 0.2) is 0 Å². The molecule has 21 heavy (non-hydrogen) atoms. The van der Waals surface area contributed by atoms with Crippen LogP contribution in [0.3, 0.4) is 0 Å². The van der Waals surface area contributed by atoms with Crippen molar-refractivity contribution >= 4 is 17.8 Å². The fraction of sp³-hybridized carbons (Fsp3) is 0.786. The van der Waals surface area contributed by atoms with Crippen molar-refractivity contribution in [3.63, 3.8) is 0 Å². The molecular formula is C14H25N3O4. The molecule has 0 aromatic rings. The molecule has 7 nitrogen and oxygen atoms in total. The van der Waals surface area contributed by atoms with Crippen molar-refractivity contribution in [2.24, 2.45) is 11.8 Å². The monoisotopic (exact) mass is 299 g/mol. The molecule has 0 aromatic carbocycles. The first-order chi connectivity index (χ1) is 9.72. The van der Waals surface area contributed by atoms with Crippen molar-refractivity contribution in [2.75, 3.05) is 33.7 Å². The van der Waals surface area contributed by atoms with Crippen molar-refractivity contribution in [1.29, 1.82) is 0 Å². The molecule has 120 valence electrons. The highest BCUT2D eigenvalue weighted by Crippen LogP contribution is 2.18. The van der Waals surface area contributed by atoms with Gasteiger partial charge in [0.15, 0.2) is 0 Å². The molecule has 0 bridgehead atoms. The highest BCUT2D eigenvalue weighted by molar-refractivity contribution is 5.91. The first kappa shape index (κ1) is 17.4. The predicted molar refractivity (Wildman–Crippen MR) is 77.6 cm³/mol. The Hall–Kier alpha value is -1.63. The molecule has 0 radical (unpaired) electrons. The lowest BCUT2D eigenvalue weighted by Gasteiger charge is -2.21. The fourth-order valence-electron chi connectivity index (χ4n) is 2.27. The maximum absolute atomic E-state index is 12.1. The number of carboxylic acid groups (broad SMARTS) is 1. The summed E-state index contributed by atoms with van der Waals surface area (Å²) in [7, 11) is 3.84. The molecule has 0 spiro atoms. The van der Waals surface area contributed by atoms with Gasteiger partial charge in [0, 0.05) is 26.1 Å². The van der Waals surface area contributed by atoms with Crippen LogP contribution in [0.4, 0.5) is 0 Å². The lowest BCUT2D eigenvalue weighted by atomic mass is 10.0. The van der Waals surface area contributed by atoms with E-state index >= 15 is 0 Å². The number of aliphatic carboxylic acids is 1. The molecule has 1 unspecified atom stereocenters. The SMILES string of the molecule is CC(C)[C@H](NC(=O)C1CC(=O)N(CCN(C)C)C1)C(=O)O. The van der Waals surface area contributed by atoms with Crippen molar-refractivity contribution in [2.45, 2.75) is 26.3 Å². The second kappa shape index (κ2) is 7.40. The van der Waals surface area contributed by atoms with Crippen LogP contribution in [0.2, 0.25) is 0 Å². The molecule has 1 rings (SSSR count). The van der Waals surface area contributed by atoms with Crippen LogP contribution in [-0.4, -0.2) is 72.5 Å². The van der Waals surface area contributed by atoms with Gasteiger partial charge in [0.2, 0.25) is 11.8 Å². The van der Waals surface area contributed by atoms with E-state index in [-0.39, 0.29) is 24.2 Å². The van der Waals surface area contributed by atoms with Crippen molar-refractivity contribution < 1.29 is 19.5 Å². The Bertz CT molecular complexity index is 409. The number of carbonyl (C=O) groups is 3. The number of hydrogen-bond acceptors (Lipinski definition) is 4. The number of nitrogens with zero attached hydrogens (tertiary/aromatic N) is 2. The highest BCUT2D eigenvalue weighted by Gasteiger charge is 2.36. The number of hydrogen-bond donors (Lipinski definition) is 2. The van der Waals surface area contributed by atoms with E-state index in [1.165, 1.54) is 0 Å². The average molecular weight is 299 g/mol. The number of nitrogens with one attached hydrogen (secondary N) is 1. The van der Waals surface area contributed by atoms with Crippen molar-refractivity contribution in [1.82, 2.24) is 15.1 Å². The maximum atomic E-state index is 12.1. The van der Waals surface area contributed by atoms with Crippen LogP contribution in [0.1, 0.15) is 20.3 Å². The van der Waals surface area contributed by atoms with E-state index in [1.807, 2.05) is 19.0 Å². The van der Waals surface area contributed by atoms with Crippen LogP contribution in [0.25, 0.3) is 0 Å². The second-order valence-corrected chi connectivity index (χ2v) is 6.11. The number of carboxylic acids is 1. The van der Waals surface area contributed by atoms with E-state index in [4.69, 9.17) is 5.11 Å². The summed E-state index contributed by atoms with van der Waals surface area (Å²) in [5, 5.41) is 11.6. The largest absolute Gasteiger partial charge is 0.480 e. The molecule has 1 aliphatic rings. The van der Waals surface area contributed by atoms with Gasteiger partial charge in [-0.05, 0) is 20.0 Å². The molecular weight excluding hydrogens is 274 g/mol.